The summed E-state index contributed by atoms with van der Waals surface area (Å²) < 4.78 is 0. The van der Waals surface area contributed by atoms with Gasteiger partial charge >= 0.3 is 0 Å². The van der Waals surface area contributed by atoms with Crippen LogP contribution in [0.4, 0.5) is 0 Å². The average molecular weight is 306 g/mol. The van der Waals surface area contributed by atoms with E-state index >= 15 is 0 Å². The van der Waals surface area contributed by atoms with Crippen molar-refractivity contribution in [1.29, 1.82) is 0 Å². The molecule has 1 aromatic rings. The minimum absolute atomic E-state index is 0.160. The van der Waals surface area contributed by atoms with E-state index in [-0.39, 0.29) is 5.25 Å². The molecule has 2 fully saturated rings. The summed E-state index contributed by atoms with van der Waals surface area (Å²) in [6, 6.07) is 8.47. The SMILES string of the molecule is CCC1SCCSC1C(=O)c1ccc(C2CCC2)cc1. The summed E-state index contributed by atoms with van der Waals surface area (Å²) in [5, 5.41) is 0.654. The van der Waals surface area contributed by atoms with Crippen molar-refractivity contribution in [2.45, 2.75) is 49.0 Å². The molecule has 2 aliphatic rings. The first-order chi connectivity index (χ1) is 9.79. The van der Waals surface area contributed by atoms with Crippen molar-refractivity contribution in [1.82, 2.24) is 0 Å². The first-order valence-corrected chi connectivity index (χ1v) is 9.76. The highest BCUT2D eigenvalue weighted by atomic mass is 32.2. The number of rotatable bonds is 4. The minimum atomic E-state index is 0.160. The maximum atomic E-state index is 12.7. The lowest BCUT2D eigenvalue weighted by Crippen LogP contribution is -2.32. The van der Waals surface area contributed by atoms with Gasteiger partial charge in [-0.15, -0.1) is 11.8 Å². The number of carbonyl (C=O) groups is 1. The number of hydrogen-bond donors (Lipinski definition) is 0. The molecule has 20 heavy (non-hydrogen) atoms. The van der Waals surface area contributed by atoms with Crippen LogP contribution in [0, 0.1) is 0 Å². The van der Waals surface area contributed by atoms with Crippen LogP contribution in [0.1, 0.15) is 54.4 Å². The zero-order valence-electron chi connectivity index (χ0n) is 12.0. The van der Waals surface area contributed by atoms with Crippen LogP contribution in [-0.2, 0) is 0 Å². The van der Waals surface area contributed by atoms with Gasteiger partial charge in [-0.2, -0.15) is 11.8 Å². The zero-order valence-corrected chi connectivity index (χ0v) is 13.6. The van der Waals surface area contributed by atoms with Gasteiger partial charge in [0.25, 0.3) is 0 Å². The van der Waals surface area contributed by atoms with Gasteiger partial charge in [-0.3, -0.25) is 4.79 Å². The second kappa shape index (κ2) is 6.57. The number of Topliss-reactive ketones (excluding diaryl/α,β-unsaturated/α-hetero) is 1. The molecule has 0 radical (unpaired) electrons. The van der Waals surface area contributed by atoms with Crippen LogP contribution in [-0.4, -0.2) is 27.8 Å². The molecule has 1 aliphatic heterocycles. The third-order valence-corrected chi connectivity index (χ3v) is 7.73. The van der Waals surface area contributed by atoms with Gasteiger partial charge in [0, 0.05) is 22.3 Å². The van der Waals surface area contributed by atoms with Gasteiger partial charge in [-0.1, -0.05) is 37.6 Å². The van der Waals surface area contributed by atoms with E-state index in [0.29, 0.717) is 11.0 Å². The van der Waals surface area contributed by atoms with Gasteiger partial charge in [-0.05, 0) is 30.7 Å². The maximum absolute atomic E-state index is 12.7. The van der Waals surface area contributed by atoms with Crippen molar-refractivity contribution in [3.05, 3.63) is 35.4 Å². The highest BCUT2D eigenvalue weighted by Gasteiger charge is 2.31. The lowest BCUT2D eigenvalue weighted by Gasteiger charge is -2.29. The lowest BCUT2D eigenvalue weighted by molar-refractivity contribution is 0.0988. The fourth-order valence-corrected chi connectivity index (χ4v) is 6.00. The van der Waals surface area contributed by atoms with Gasteiger partial charge < -0.3 is 0 Å². The monoisotopic (exact) mass is 306 g/mol. The Morgan fingerprint density at radius 3 is 2.45 bits per heavy atom. The van der Waals surface area contributed by atoms with E-state index in [0.717, 1.165) is 23.7 Å². The Kier molecular flexibility index (Phi) is 4.77. The molecule has 108 valence electrons. The largest absolute Gasteiger partial charge is 0.293 e. The maximum Gasteiger partial charge on any atom is 0.176 e. The number of ketones is 1. The number of thioether (sulfide) groups is 2. The average Bonchev–Trinajstić information content (AvgIpc) is 2.45. The van der Waals surface area contributed by atoms with Gasteiger partial charge in [0.1, 0.15) is 0 Å². The molecular weight excluding hydrogens is 284 g/mol. The van der Waals surface area contributed by atoms with E-state index in [4.69, 9.17) is 0 Å². The molecule has 1 nitrogen and oxygen atoms in total. The fraction of sp³-hybridized carbons (Fsp3) is 0.588. The van der Waals surface area contributed by atoms with Crippen LogP contribution in [0.15, 0.2) is 24.3 Å². The second-order valence-corrected chi connectivity index (χ2v) is 8.32. The Labute approximate surface area is 130 Å². The van der Waals surface area contributed by atoms with Crippen molar-refractivity contribution in [3.8, 4) is 0 Å². The summed E-state index contributed by atoms with van der Waals surface area (Å²) in [4.78, 5) is 12.7. The summed E-state index contributed by atoms with van der Waals surface area (Å²) in [7, 11) is 0. The van der Waals surface area contributed by atoms with Crippen molar-refractivity contribution >= 4 is 29.3 Å². The normalized spacial score (nSPS) is 27.1. The Hall–Kier alpha value is -0.410. The highest BCUT2D eigenvalue weighted by molar-refractivity contribution is 8.07. The summed E-state index contributed by atoms with van der Waals surface area (Å²) >= 11 is 3.83. The lowest BCUT2D eigenvalue weighted by atomic mass is 9.80. The summed E-state index contributed by atoms with van der Waals surface area (Å²) in [6.45, 7) is 2.20. The summed E-state index contributed by atoms with van der Waals surface area (Å²) in [5.74, 6) is 3.39. The smallest absolute Gasteiger partial charge is 0.176 e. The highest BCUT2D eigenvalue weighted by Crippen LogP contribution is 2.37. The molecule has 2 atom stereocenters. The van der Waals surface area contributed by atoms with E-state index in [1.54, 1.807) is 0 Å². The molecular formula is C17H22OS2. The number of benzene rings is 1. The van der Waals surface area contributed by atoms with E-state index in [1.165, 1.54) is 30.6 Å². The van der Waals surface area contributed by atoms with E-state index in [9.17, 15) is 4.79 Å². The molecule has 1 aliphatic carbocycles. The van der Waals surface area contributed by atoms with Crippen molar-refractivity contribution in [2.75, 3.05) is 11.5 Å². The van der Waals surface area contributed by atoms with Crippen LogP contribution in [0.5, 0.6) is 0 Å². The van der Waals surface area contributed by atoms with Crippen molar-refractivity contribution in [2.24, 2.45) is 0 Å². The van der Waals surface area contributed by atoms with Gasteiger partial charge in [0.05, 0.1) is 5.25 Å². The molecule has 0 aromatic heterocycles. The van der Waals surface area contributed by atoms with Crippen LogP contribution in [0.2, 0.25) is 0 Å². The number of hydrogen-bond acceptors (Lipinski definition) is 3. The predicted molar refractivity (Wildman–Crippen MR) is 90.1 cm³/mol. The summed E-state index contributed by atoms with van der Waals surface area (Å²) in [5.41, 5.74) is 2.33. The molecule has 1 heterocycles. The molecule has 2 unspecified atom stereocenters. The molecule has 1 saturated carbocycles. The van der Waals surface area contributed by atoms with Crippen LogP contribution < -0.4 is 0 Å². The van der Waals surface area contributed by atoms with E-state index < -0.39 is 0 Å². The van der Waals surface area contributed by atoms with Gasteiger partial charge in [0.15, 0.2) is 5.78 Å². The van der Waals surface area contributed by atoms with Gasteiger partial charge in [-0.25, -0.2) is 0 Å². The number of carbonyl (C=O) groups excluding carboxylic acids is 1. The Balaban J connectivity index is 1.72. The zero-order chi connectivity index (χ0) is 13.9. The first kappa shape index (κ1) is 14.5. The van der Waals surface area contributed by atoms with Crippen molar-refractivity contribution < 1.29 is 4.79 Å². The third kappa shape index (κ3) is 2.94. The third-order valence-electron chi connectivity index (χ3n) is 4.48. The molecule has 0 bridgehead atoms. The second-order valence-electron chi connectivity index (χ2n) is 5.72. The molecule has 1 aromatic carbocycles. The van der Waals surface area contributed by atoms with Crippen LogP contribution >= 0.6 is 23.5 Å². The van der Waals surface area contributed by atoms with Crippen LogP contribution in [0.3, 0.4) is 0 Å². The molecule has 0 spiro atoms. The van der Waals surface area contributed by atoms with E-state index in [1.807, 2.05) is 23.5 Å². The summed E-state index contributed by atoms with van der Waals surface area (Å²) in [6.07, 6.45) is 5.09. The van der Waals surface area contributed by atoms with E-state index in [2.05, 4.69) is 31.2 Å². The molecule has 3 rings (SSSR count). The molecule has 0 N–H and O–H groups in total. The molecule has 3 heteroatoms. The molecule has 0 amide bonds. The Morgan fingerprint density at radius 2 is 1.85 bits per heavy atom. The minimum Gasteiger partial charge on any atom is -0.293 e. The quantitative estimate of drug-likeness (QED) is 0.746. The standard InChI is InChI=1S/C17H22OS2/c1-2-15-17(20-11-10-19-15)16(18)14-8-6-13(7-9-14)12-4-3-5-12/h6-9,12,15,17H,2-5,10-11H2,1H3. The first-order valence-electron chi connectivity index (χ1n) is 7.67. The van der Waals surface area contributed by atoms with Gasteiger partial charge in [0.2, 0.25) is 0 Å². The Bertz CT molecular complexity index is 464. The fourth-order valence-electron chi connectivity index (χ4n) is 2.97. The van der Waals surface area contributed by atoms with Crippen molar-refractivity contribution in [3.63, 3.8) is 0 Å². The topological polar surface area (TPSA) is 17.1 Å². The Morgan fingerprint density at radius 1 is 1.15 bits per heavy atom. The van der Waals surface area contributed by atoms with Crippen LogP contribution in [0.25, 0.3) is 0 Å². The predicted octanol–water partition coefficient (Wildman–Crippen LogP) is 4.76. The molecule has 1 saturated heterocycles.